The highest BCUT2D eigenvalue weighted by Crippen LogP contribution is 2.30. The molecule has 2 saturated heterocycles. The zero-order valence-electron chi connectivity index (χ0n) is 15.4. The average molecular weight is 395 g/mol. The monoisotopic (exact) mass is 395 g/mol. The van der Waals surface area contributed by atoms with Crippen LogP contribution in [0.3, 0.4) is 0 Å². The molecule has 1 unspecified atom stereocenters. The van der Waals surface area contributed by atoms with Gasteiger partial charge < -0.3 is 30.0 Å². The molecule has 3 amide bonds. The number of hydroxylamine groups is 2. The van der Waals surface area contributed by atoms with Crippen molar-refractivity contribution >= 4 is 29.5 Å². The number of ether oxygens (including phenoxy) is 2. The lowest BCUT2D eigenvalue weighted by Gasteiger charge is -2.41. The van der Waals surface area contributed by atoms with E-state index >= 15 is 0 Å². The van der Waals surface area contributed by atoms with Crippen LogP contribution in [-0.2, 0) is 14.3 Å². The Morgan fingerprint density at radius 1 is 1.39 bits per heavy atom. The smallest absolute Gasteiger partial charge is 0.414 e. The molecule has 1 N–H and O–H groups in total. The van der Waals surface area contributed by atoms with Crippen molar-refractivity contribution in [1.82, 2.24) is 10.4 Å². The van der Waals surface area contributed by atoms with Gasteiger partial charge in [0.2, 0.25) is 5.91 Å². The van der Waals surface area contributed by atoms with Crippen LogP contribution in [0.5, 0.6) is 0 Å². The third kappa shape index (κ3) is 4.09. The standard InChI is InChI=1S/C17H20FN4O6/c1-10(23)22(26)9-13-8-21(17(25)28-13)12-3-4-15(14(18)5-12)20-6-11(7-20)19-16(24)27-2/h3-5,11,13H,6-9H2,1-2H3,(H,19,24)/q-1. The predicted octanol–water partition coefficient (Wildman–Crippen LogP) is 1.04. The second kappa shape index (κ2) is 7.89. The molecule has 2 heterocycles. The van der Waals surface area contributed by atoms with Crippen LogP contribution in [0, 0.1) is 11.0 Å². The first-order valence-electron chi connectivity index (χ1n) is 8.61. The molecule has 2 aliphatic rings. The number of amides is 3. The lowest BCUT2D eigenvalue weighted by molar-refractivity contribution is -0.127. The first-order valence-corrected chi connectivity index (χ1v) is 8.61. The van der Waals surface area contributed by atoms with Crippen LogP contribution in [0.2, 0.25) is 0 Å². The van der Waals surface area contributed by atoms with Gasteiger partial charge in [-0.2, -0.15) is 0 Å². The van der Waals surface area contributed by atoms with E-state index in [4.69, 9.17) is 4.74 Å². The van der Waals surface area contributed by atoms with Crippen LogP contribution in [0.1, 0.15) is 6.92 Å². The van der Waals surface area contributed by atoms with E-state index in [2.05, 4.69) is 10.1 Å². The number of nitrogens with zero attached hydrogens (tertiary/aromatic N) is 3. The van der Waals surface area contributed by atoms with E-state index < -0.39 is 30.0 Å². The summed E-state index contributed by atoms with van der Waals surface area (Å²) in [6.45, 7) is 1.75. The van der Waals surface area contributed by atoms with E-state index in [0.29, 0.717) is 24.5 Å². The van der Waals surface area contributed by atoms with E-state index in [1.54, 1.807) is 11.0 Å². The fraction of sp³-hybridized carbons (Fsp3) is 0.471. The number of carbonyl (C=O) groups excluding carboxylic acids is 3. The molecule has 2 fully saturated rings. The summed E-state index contributed by atoms with van der Waals surface area (Å²) in [7, 11) is 1.27. The highest BCUT2D eigenvalue weighted by Gasteiger charge is 2.34. The highest BCUT2D eigenvalue weighted by molar-refractivity contribution is 5.90. The molecule has 0 aromatic heterocycles. The molecular weight excluding hydrogens is 375 g/mol. The molecule has 10 nitrogen and oxygen atoms in total. The number of hydrogen-bond acceptors (Lipinski definition) is 7. The predicted molar refractivity (Wildman–Crippen MR) is 96.3 cm³/mol. The minimum absolute atomic E-state index is 0.0402. The number of methoxy groups -OCH3 is 1. The van der Waals surface area contributed by atoms with E-state index in [0.717, 1.165) is 6.92 Å². The van der Waals surface area contributed by atoms with Crippen LogP contribution < -0.4 is 15.1 Å². The fourth-order valence-electron chi connectivity index (χ4n) is 3.05. The van der Waals surface area contributed by atoms with Gasteiger partial charge in [0.05, 0.1) is 31.1 Å². The number of carbonyl (C=O) groups is 3. The molecule has 3 rings (SSSR count). The third-order valence-electron chi connectivity index (χ3n) is 4.57. The summed E-state index contributed by atoms with van der Waals surface area (Å²) in [4.78, 5) is 37.2. The van der Waals surface area contributed by atoms with Gasteiger partial charge in [-0.25, -0.2) is 14.0 Å². The van der Waals surface area contributed by atoms with Crippen molar-refractivity contribution in [3.8, 4) is 0 Å². The van der Waals surface area contributed by atoms with Crippen molar-refractivity contribution in [2.45, 2.75) is 19.1 Å². The van der Waals surface area contributed by atoms with Gasteiger partial charge in [-0.3, -0.25) is 9.69 Å². The maximum absolute atomic E-state index is 14.5. The molecule has 1 aromatic rings. The molecule has 0 spiro atoms. The van der Waals surface area contributed by atoms with Gasteiger partial charge in [0, 0.05) is 26.6 Å². The zero-order valence-corrected chi connectivity index (χ0v) is 15.4. The third-order valence-corrected chi connectivity index (χ3v) is 4.57. The van der Waals surface area contributed by atoms with Crippen molar-refractivity contribution in [3.05, 3.63) is 29.2 Å². The van der Waals surface area contributed by atoms with Crippen LogP contribution >= 0.6 is 0 Å². The first-order chi connectivity index (χ1) is 13.3. The Kier molecular flexibility index (Phi) is 5.54. The second-order valence-electron chi connectivity index (χ2n) is 6.57. The summed E-state index contributed by atoms with van der Waals surface area (Å²) < 4.78 is 24.1. The van der Waals surface area contributed by atoms with Crippen molar-refractivity contribution in [2.75, 3.05) is 43.1 Å². The number of alkyl carbamates (subject to hydrolysis) is 1. The lowest BCUT2D eigenvalue weighted by atomic mass is 10.1. The molecule has 1 aromatic carbocycles. The highest BCUT2D eigenvalue weighted by atomic mass is 19.1. The molecule has 152 valence electrons. The number of halogens is 1. The Hall–Kier alpha value is -3.08. The van der Waals surface area contributed by atoms with Crippen molar-refractivity contribution in [3.63, 3.8) is 0 Å². The quantitative estimate of drug-likeness (QED) is 0.741. The number of hydrogen-bond donors (Lipinski definition) is 1. The van der Waals surface area contributed by atoms with Crippen LogP contribution in [0.4, 0.5) is 25.4 Å². The molecule has 2 aliphatic heterocycles. The van der Waals surface area contributed by atoms with Gasteiger partial charge in [0.1, 0.15) is 11.9 Å². The van der Waals surface area contributed by atoms with Gasteiger partial charge in [0.25, 0.3) is 0 Å². The summed E-state index contributed by atoms with van der Waals surface area (Å²) in [6.07, 6.45) is -2.03. The van der Waals surface area contributed by atoms with Gasteiger partial charge in [-0.05, 0) is 18.2 Å². The SMILES string of the molecule is COC(=O)NC1CN(c2ccc(N3CC(CN([O-])C(C)=O)OC3=O)cc2F)C1. The summed E-state index contributed by atoms with van der Waals surface area (Å²) >= 11 is 0. The number of nitrogens with one attached hydrogen (secondary N) is 1. The number of benzene rings is 1. The van der Waals surface area contributed by atoms with Crippen molar-refractivity contribution in [2.24, 2.45) is 0 Å². The Bertz CT molecular complexity index is 785. The largest absolute Gasteiger partial charge is 0.756 e. The maximum atomic E-state index is 14.5. The Morgan fingerprint density at radius 2 is 2.11 bits per heavy atom. The molecular formula is C17H20FN4O6-. The van der Waals surface area contributed by atoms with Gasteiger partial charge in [-0.15, -0.1) is 0 Å². The normalized spacial score (nSPS) is 19.1. The van der Waals surface area contributed by atoms with Gasteiger partial charge >= 0.3 is 12.2 Å². The van der Waals surface area contributed by atoms with Crippen LogP contribution in [-0.4, -0.2) is 68.6 Å². The summed E-state index contributed by atoms with van der Waals surface area (Å²) in [5.74, 6) is -1.21. The second-order valence-corrected chi connectivity index (χ2v) is 6.57. The summed E-state index contributed by atoms with van der Waals surface area (Å²) in [5, 5.41) is 14.3. The average Bonchev–Trinajstić information content (AvgIpc) is 2.98. The number of cyclic esters (lactones) is 1. The Balaban J connectivity index is 1.61. The Morgan fingerprint density at radius 3 is 2.71 bits per heavy atom. The molecule has 0 radical (unpaired) electrons. The Labute approximate surface area is 160 Å². The topological polar surface area (TPSA) is 114 Å². The summed E-state index contributed by atoms with van der Waals surface area (Å²) in [6, 6.07) is 4.19. The number of rotatable bonds is 5. The molecule has 11 heteroatoms. The van der Waals surface area contributed by atoms with Crippen LogP contribution in [0.15, 0.2) is 18.2 Å². The van der Waals surface area contributed by atoms with Gasteiger partial charge in [-0.1, -0.05) is 0 Å². The zero-order chi connectivity index (χ0) is 20.4. The van der Waals surface area contributed by atoms with E-state index in [1.807, 2.05) is 0 Å². The van der Waals surface area contributed by atoms with E-state index in [-0.39, 0.29) is 24.2 Å². The minimum atomic E-state index is -0.780. The van der Waals surface area contributed by atoms with Crippen molar-refractivity contribution in [1.29, 1.82) is 0 Å². The summed E-state index contributed by atoms with van der Waals surface area (Å²) in [5.41, 5.74) is 0.636. The molecule has 0 saturated carbocycles. The molecule has 28 heavy (non-hydrogen) atoms. The molecule has 0 bridgehead atoms. The minimum Gasteiger partial charge on any atom is -0.756 e. The van der Waals surface area contributed by atoms with Crippen LogP contribution in [0.25, 0.3) is 0 Å². The lowest BCUT2D eigenvalue weighted by Crippen LogP contribution is -2.59. The van der Waals surface area contributed by atoms with E-state index in [9.17, 15) is 24.0 Å². The van der Waals surface area contributed by atoms with Crippen molar-refractivity contribution < 1.29 is 28.2 Å². The first kappa shape index (κ1) is 19.7. The van der Waals surface area contributed by atoms with E-state index in [1.165, 1.54) is 24.1 Å². The molecule has 1 atom stereocenters. The fourth-order valence-corrected chi connectivity index (χ4v) is 3.05. The molecule has 0 aliphatic carbocycles. The number of anilines is 2. The maximum Gasteiger partial charge on any atom is 0.414 e. The van der Waals surface area contributed by atoms with Gasteiger partial charge in [0.15, 0.2) is 0 Å².